The maximum absolute atomic E-state index is 15.1. The fraction of sp³-hybridized carbons (Fsp3) is 0.373. The molecule has 9 aromatic carbocycles. The minimum Gasteiger partial charge on any atom is -0.336 e. The van der Waals surface area contributed by atoms with E-state index in [9.17, 15) is 82.1 Å². The minimum atomic E-state index is -5.45. The summed E-state index contributed by atoms with van der Waals surface area (Å²) >= 11 is 0.345. The van der Waals surface area contributed by atoms with Crippen LogP contribution in [0.3, 0.4) is 0 Å². The van der Waals surface area contributed by atoms with Gasteiger partial charge in [0.2, 0.25) is 17.7 Å². The van der Waals surface area contributed by atoms with E-state index in [-0.39, 0.29) is 113 Å². The van der Waals surface area contributed by atoms with Crippen molar-refractivity contribution in [2.24, 2.45) is 5.89 Å². The number of alkyl halides is 9. The summed E-state index contributed by atoms with van der Waals surface area (Å²) in [5.74, 6) is -10.7. The number of likely N-dealkylation sites (N-methyl/N-ethyl adjacent to an activating group) is 3. The predicted molar refractivity (Wildman–Crippen MR) is 539 cm³/mol. The summed E-state index contributed by atoms with van der Waals surface area (Å²) in [5.41, 5.74) is -25.2. The highest BCUT2D eigenvalue weighted by atomic mass is 32.2. The first-order valence-corrected chi connectivity index (χ1v) is 44.9. The SMILES string of the molecule is [2H]c1c([2H])c(-c2c([2H])c([2H])c(C(F)(F)F)c(C)c2[2H])c([2H])c([2H])c1CN(C(=O)Cn1c(SC([2H])([2H])c2ccc(F)cc2)nc(=O)c2c1CCC2)C([2H])([2H])C([2H])([2H])N(C([2H])([2H])C)C([2H])([2H])C.[2H]c1c([2H])c(-c2c([2H])c([2H])c(C(F)(F)F)c([2H])c2[2H])c([2H])c([2H])c1CN(C(=O)Cn1c(SC([2H])([2H])c2ccc(F)cc2)nc(=O)c2c1C([2H])([2H])C([2H])(C)C2([2H])[2H])C([2H])([2H])C([2H])([2H])N(C([2H])([2H])C)C([2H])([2H])C.[2H]c1c([2H])c(C([2H])([2H])Sc2nc(=O)c3c(n2CC(=O)N(Cc2ccc(-c4ccc(C(F)(F)F)cc4)cc2)C([2H])([2H])C([2H])([2H])N(C([2H])([2H])C)C([2H])([2H])C)CCC3)c([2H])c([2H])c1F. The van der Waals surface area contributed by atoms with E-state index in [1.54, 1.807) is 0 Å². The second kappa shape index (κ2) is 50.1. The Labute approximate surface area is 914 Å². The number of carbonyl (C=O) groups excluding carboxylic acids is 3. The number of halogens is 12. The van der Waals surface area contributed by atoms with Crippen molar-refractivity contribution in [3.63, 3.8) is 0 Å². The van der Waals surface area contributed by atoms with E-state index < -0.39 is 426 Å². The fourth-order valence-corrected chi connectivity index (χ4v) is 15.9. The van der Waals surface area contributed by atoms with E-state index >= 15 is 4.79 Å². The average molecular weight is 2080 g/mol. The Morgan fingerprint density at radius 2 is 0.727 bits per heavy atom. The number of rotatable bonds is 39. The molecule has 0 radical (unpaired) electrons. The highest BCUT2D eigenvalue weighted by Gasteiger charge is 2.36. The number of nitrogens with zero attached hydrogens (tertiary/aromatic N) is 12. The maximum Gasteiger partial charge on any atom is 0.416 e. The van der Waals surface area contributed by atoms with Crippen LogP contribution < -0.4 is 16.7 Å². The highest BCUT2D eigenvalue weighted by molar-refractivity contribution is 7.98. The number of hydrogen-bond donors (Lipinski definition) is 0. The van der Waals surface area contributed by atoms with Crippen molar-refractivity contribution in [3.8, 4) is 33.4 Å². The lowest BCUT2D eigenvalue weighted by molar-refractivity contribution is -0.138. The smallest absolute Gasteiger partial charge is 0.336 e. The molecule has 18 nitrogen and oxygen atoms in total. The van der Waals surface area contributed by atoms with Gasteiger partial charge in [-0.1, -0.05) is 229 Å². The van der Waals surface area contributed by atoms with Gasteiger partial charge in [-0.25, -0.2) is 13.2 Å². The summed E-state index contributed by atoms with van der Waals surface area (Å²) in [5, 5.41) is -1.99. The van der Waals surface area contributed by atoms with Crippen molar-refractivity contribution in [2.75, 3.05) is 78.0 Å². The first-order valence-electron chi connectivity index (χ1n) is 69.5. The molecule has 3 aliphatic carbocycles. The Hall–Kier alpha value is -11.9. The summed E-state index contributed by atoms with van der Waals surface area (Å²) in [4.78, 5) is 96.2. The summed E-state index contributed by atoms with van der Waals surface area (Å²) < 4.78 is 633. The summed E-state index contributed by atoms with van der Waals surface area (Å²) in [6.45, 7) is -43.4. The molecule has 3 aromatic heterocycles. The van der Waals surface area contributed by atoms with Crippen LogP contribution in [-0.2, 0) is 128 Å². The van der Waals surface area contributed by atoms with Gasteiger partial charge in [0.1, 0.15) is 37.1 Å². The van der Waals surface area contributed by atoms with Crippen molar-refractivity contribution in [3.05, 3.63) is 350 Å². The first kappa shape index (κ1) is 57.1. The van der Waals surface area contributed by atoms with Crippen LogP contribution in [0.1, 0.15) is 225 Å². The number of hydrogen-bond acceptors (Lipinski definition) is 15. The van der Waals surface area contributed by atoms with Gasteiger partial charge in [0.05, 0.1) is 51.0 Å². The standard InChI is InChI=1S/2C37H40F4N4O2S.C36H38F4N4O2S/c1-4-43(5-2)18-19-44(22-26-6-10-28(11-7-26)29-12-14-30(15-13-29)37(39,40)41)34(46)23-45-33-21-25(3)20-32(33)35(47)42-36(45)48-24-27-8-16-31(38)17-9-27;1-4-43(5-2)19-20-44(22-26-9-13-28(14-10-26)29-15-18-32(25(3)21-29)37(39,40)41)34(46)23-45-33-8-6-7-31(33)35(47)42-36(45)48-24-27-11-16-30(38)17-12-27;1-3-42(4-2)20-21-43(22-25-8-12-27(13-9-25)28-14-16-29(17-15-28)36(38,39)40)33(45)23-44-32-7-5-6-31(32)34(46)41-35(44)47-24-26-10-18-30(37)19-11-26/h6-17,25H,4-5,18-24H2,1-3H3;9-18,21H,4-8,19-20,22-24H2,1-3H3;8-19H,3-7,20-24H2,1-2H3/i4D2,5D2,6D,7D,10D,11D,12D,13D,14D,15D,18D2,19D2,20D2,21D2,24D2,25D;4D2,5D2,9D,10D,13D,14D,15D,18D,19D2,20D2,21D,24D2;3D2,4D2,10D,11D,18D,19D,20D2,21D2,24D2. The van der Waals surface area contributed by atoms with E-state index in [4.69, 9.17) is 68.5 Å². The normalized spacial score (nSPS) is 21.6. The molecule has 0 aliphatic heterocycles. The van der Waals surface area contributed by atoms with E-state index in [2.05, 4.69) is 15.0 Å². The minimum absolute atomic E-state index is 0.0177. The molecule has 3 heterocycles. The third kappa shape index (κ3) is 29.5. The van der Waals surface area contributed by atoms with Crippen LogP contribution in [0.15, 0.2) is 242 Å². The molecule has 1 atom stereocenters. The quantitative estimate of drug-likeness (QED) is 0.0202. The molecule has 0 bridgehead atoms. The van der Waals surface area contributed by atoms with Crippen LogP contribution in [0.2, 0.25) is 0 Å². The monoisotopic (exact) mass is 2080 g/mol. The van der Waals surface area contributed by atoms with Crippen LogP contribution in [0.25, 0.3) is 33.4 Å². The Kier molecular flexibility index (Phi) is 20.0. The molecule has 0 N–H and O–H groups in total. The largest absolute Gasteiger partial charge is 0.416 e. The number of thioether (sulfide) groups is 3. The second-order valence-corrected chi connectivity index (χ2v) is 32.6. The predicted octanol–water partition coefficient (Wildman–Crippen LogP) is 22.2. The molecule has 33 heteroatoms. The van der Waals surface area contributed by atoms with Gasteiger partial charge in [-0.3, -0.25) is 28.8 Å². The Morgan fingerprint density at radius 1 is 0.385 bits per heavy atom. The zero-order valence-electron chi connectivity index (χ0n) is 130. The van der Waals surface area contributed by atoms with Crippen molar-refractivity contribution in [1.82, 2.24) is 58.1 Å². The summed E-state index contributed by atoms with van der Waals surface area (Å²) in [6.07, 6.45) is -20.6. The lowest BCUT2D eigenvalue weighted by Crippen LogP contribution is -2.40. The van der Waals surface area contributed by atoms with E-state index in [0.29, 0.717) is 72.9 Å². The molecule has 0 saturated heterocycles. The van der Waals surface area contributed by atoms with Crippen molar-refractivity contribution in [1.29, 1.82) is 0 Å². The molecule has 143 heavy (non-hydrogen) atoms. The molecule has 0 spiro atoms. The van der Waals surface area contributed by atoms with Crippen molar-refractivity contribution >= 4 is 53.0 Å². The number of aromatic nitrogens is 6. The van der Waals surface area contributed by atoms with Crippen molar-refractivity contribution < 1.29 is 141 Å². The third-order valence-corrected chi connectivity index (χ3v) is 23.2. The molecule has 756 valence electrons. The molecule has 1 unspecified atom stereocenters. The highest BCUT2D eigenvalue weighted by Crippen LogP contribution is 2.39. The van der Waals surface area contributed by atoms with Crippen LogP contribution >= 0.6 is 35.3 Å². The van der Waals surface area contributed by atoms with Gasteiger partial charge in [0.25, 0.3) is 16.7 Å². The average Bonchev–Trinajstić information content (AvgIpc) is 1.52. The molecular weight excluding hydrogens is 1910 g/mol. The number of carbonyl (C=O) groups is 3. The molecule has 15 rings (SSSR count). The van der Waals surface area contributed by atoms with Gasteiger partial charge in [0, 0.05) is 149 Å². The summed E-state index contributed by atoms with van der Waals surface area (Å²) in [6, 6.07) is -6.72. The molecule has 0 fully saturated rings. The summed E-state index contributed by atoms with van der Waals surface area (Å²) in [7, 11) is 0. The zero-order valence-corrected chi connectivity index (χ0v) is 78.7. The number of amides is 3. The van der Waals surface area contributed by atoms with Gasteiger partial charge < -0.3 is 43.1 Å². The zero-order chi connectivity index (χ0) is 150. The van der Waals surface area contributed by atoms with Gasteiger partial charge in [-0.15, -0.1) is 0 Å². The first-order chi connectivity index (χ1) is 89.1. The Balaban J connectivity index is 0.000000238. The maximum atomic E-state index is 15.1. The van der Waals surface area contributed by atoms with Gasteiger partial charge in [-0.05, 0) is 242 Å². The fourth-order valence-electron chi connectivity index (χ4n) is 13.7. The van der Waals surface area contributed by atoms with E-state index in [1.807, 2.05) is 0 Å². The van der Waals surface area contributed by atoms with Gasteiger partial charge in [0.15, 0.2) is 15.5 Å². The lowest BCUT2D eigenvalue weighted by Gasteiger charge is -2.28. The second-order valence-electron chi connectivity index (χ2n) is 30.3. The third-order valence-electron chi connectivity index (χ3n) is 20.7. The van der Waals surface area contributed by atoms with Crippen LogP contribution in [-0.4, -0.2) is 154 Å². The number of fused-ring (bicyclic) bond motifs is 3. The Bertz CT molecular complexity index is 9410. The van der Waals surface area contributed by atoms with Crippen LogP contribution in [0.5, 0.6) is 0 Å². The molecule has 3 amide bonds. The van der Waals surface area contributed by atoms with Gasteiger partial charge >= 0.3 is 18.5 Å². The molecule has 12 aromatic rings. The molecule has 3 aliphatic rings. The van der Waals surface area contributed by atoms with E-state index in [1.165, 1.54) is 36.4 Å². The Morgan fingerprint density at radius 3 is 1.12 bits per heavy atom. The van der Waals surface area contributed by atoms with Gasteiger partial charge in [-0.2, -0.15) is 54.5 Å². The number of benzene rings is 9. The molecular formula is C110H118F12N12O6S3. The van der Waals surface area contributed by atoms with Crippen LogP contribution in [0, 0.1) is 30.3 Å². The van der Waals surface area contributed by atoms with Crippen LogP contribution in [0.4, 0.5) is 52.7 Å². The van der Waals surface area contributed by atoms with E-state index in [0.717, 1.165) is 97.5 Å². The topological polar surface area (TPSA) is 175 Å². The lowest BCUT2D eigenvalue weighted by atomic mass is 9.98. The van der Waals surface area contributed by atoms with Crippen molar-refractivity contribution in [2.45, 2.75) is 197 Å². The molecule has 0 saturated carbocycles.